The van der Waals surface area contributed by atoms with E-state index in [1.54, 1.807) is 6.20 Å². The van der Waals surface area contributed by atoms with Crippen LogP contribution in [0.3, 0.4) is 0 Å². The van der Waals surface area contributed by atoms with Gasteiger partial charge in [-0.3, -0.25) is 9.78 Å². The molecule has 0 bridgehead atoms. The van der Waals surface area contributed by atoms with Gasteiger partial charge in [-0.25, -0.2) is 0 Å². The highest BCUT2D eigenvalue weighted by atomic mass is 16.1. The van der Waals surface area contributed by atoms with Crippen LogP contribution in [0.5, 0.6) is 0 Å². The van der Waals surface area contributed by atoms with E-state index in [1.807, 2.05) is 24.3 Å². The lowest BCUT2D eigenvalue weighted by Crippen LogP contribution is -2.42. The number of Topliss-reactive ketones (excluding diaryl/α,β-unsaturated/α-hetero) is 1. The van der Waals surface area contributed by atoms with Crippen LogP contribution in [0.2, 0.25) is 0 Å². The van der Waals surface area contributed by atoms with Crippen LogP contribution < -0.4 is 0 Å². The first-order valence-corrected chi connectivity index (χ1v) is 5.11. The highest BCUT2D eigenvalue weighted by molar-refractivity contribution is 5.92. The number of rotatable bonds is 3. The Hall–Kier alpha value is -1.69. The lowest BCUT2D eigenvalue weighted by atomic mass is 9.63. The lowest BCUT2D eigenvalue weighted by Gasteiger charge is -2.39. The quantitative estimate of drug-likeness (QED) is 0.749. The van der Waals surface area contributed by atoms with Gasteiger partial charge in [0.05, 0.1) is 23.6 Å². The molecule has 0 saturated heterocycles. The van der Waals surface area contributed by atoms with Gasteiger partial charge < -0.3 is 0 Å². The van der Waals surface area contributed by atoms with Crippen molar-refractivity contribution in [2.75, 3.05) is 0 Å². The molecule has 0 atom stereocenters. The molecule has 15 heavy (non-hydrogen) atoms. The third kappa shape index (κ3) is 1.52. The van der Waals surface area contributed by atoms with Crippen molar-refractivity contribution in [2.24, 2.45) is 0 Å². The molecule has 0 N–H and O–H groups in total. The summed E-state index contributed by atoms with van der Waals surface area (Å²) in [6.07, 6.45) is 4.43. The number of nitrogens with zero attached hydrogens (tertiary/aromatic N) is 2. The fraction of sp³-hybridized carbons (Fsp3) is 0.417. The van der Waals surface area contributed by atoms with E-state index in [2.05, 4.69) is 4.98 Å². The van der Waals surface area contributed by atoms with Crippen molar-refractivity contribution in [3.8, 4) is 6.07 Å². The fourth-order valence-electron chi connectivity index (χ4n) is 2.09. The van der Waals surface area contributed by atoms with Crippen LogP contribution in [0, 0.1) is 11.3 Å². The molecule has 0 spiro atoms. The minimum Gasteiger partial charge on any atom is -0.297 e. The molecule has 1 aliphatic carbocycles. The Morgan fingerprint density at radius 1 is 1.53 bits per heavy atom. The van der Waals surface area contributed by atoms with Gasteiger partial charge in [0.15, 0.2) is 5.78 Å². The monoisotopic (exact) mass is 200 g/mol. The van der Waals surface area contributed by atoms with E-state index < -0.39 is 5.41 Å². The Balaban J connectivity index is 2.31. The number of nitriles is 1. The number of ketones is 1. The molecule has 3 nitrogen and oxygen atoms in total. The molecular formula is C12H12N2O. The molecule has 0 radical (unpaired) electrons. The maximum absolute atomic E-state index is 11.9. The number of aromatic nitrogens is 1. The highest BCUT2D eigenvalue weighted by Gasteiger charge is 2.45. The zero-order valence-corrected chi connectivity index (χ0v) is 8.44. The number of carbonyl (C=O) groups is 1. The van der Waals surface area contributed by atoms with Gasteiger partial charge in [-0.05, 0) is 25.0 Å². The van der Waals surface area contributed by atoms with E-state index in [4.69, 9.17) is 5.26 Å². The third-order valence-electron chi connectivity index (χ3n) is 3.14. The Morgan fingerprint density at radius 3 is 2.80 bits per heavy atom. The Bertz CT molecular complexity index is 401. The SMILES string of the molecule is N#CCC(=O)C1(c2ccccn2)CCC1. The standard InChI is InChI=1S/C12H12N2O/c13-8-5-11(15)12(6-3-7-12)10-4-1-2-9-14-10/h1-2,4,9H,3,5-7H2. The van der Waals surface area contributed by atoms with Gasteiger partial charge in [0.2, 0.25) is 0 Å². The minimum absolute atomic E-state index is 0.00340. The van der Waals surface area contributed by atoms with Gasteiger partial charge >= 0.3 is 0 Å². The van der Waals surface area contributed by atoms with Crippen molar-refractivity contribution >= 4 is 5.78 Å². The average Bonchev–Trinajstić information content (AvgIpc) is 2.18. The van der Waals surface area contributed by atoms with E-state index in [0.29, 0.717) is 0 Å². The van der Waals surface area contributed by atoms with E-state index >= 15 is 0 Å². The predicted molar refractivity (Wildman–Crippen MR) is 55.0 cm³/mol. The summed E-state index contributed by atoms with van der Waals surface area (Å²) in [5.74, 6) is 0.0231. The molecule has 2 rings (SSSR count). The molecule has 1 fully saturated rings. The molecule has 76 valence electrons. The normalized spacial score (nSPS) is 17.5. The highest BCUT2D eigenvalue weighted by Crippen LogP contribution is 2.44. The van der Waals surface area contributed by atoms with Crippen LogP contribution in [-0.4, -0.2) is 10.8 Å². The van der Waals surface area contributed by atoms with Crippen molar-refractivity contribution in [3.63, 3.8) is 0 Å². The van der Waals surface area contributed by atoms with E-state index in [9.17, 15) is 4.79 Å². The predicted octanol–water partition coefficient (Wildman–Crippen LogP) is 1.99. The number of pyridine rings is 1. The summed E-state index contributed by atoms with van der Waals surface area (Å²) in [4.78, 5) is 16.1. The lowest BCUT2D eigenvalue weighted by molar-refractivity contribution is -0.126. The molecule has 1 aromatic heterocycles. The molecule has 0 aromatic carbocycles. The fourth-order valence-corrected chi connectivity index (χ4v) is 2.09. The largest absolute Gasteiger partial charge is 0.297 e. The van der Waals surface area contributed by atoms with E-state index in [0.717, 1.165) is 25.0 Å². The van der Waals surface area contributed by atoms with Gasteiger partial charge in [0.25, 0.3) is 0 Å². The third-order valence-corrected chi connectivity index (χ3v) is 3.14. The summed E-state index contributed by atoms with van der Waals surface area (Å²) in [6.45, 7) is 0. The van der Waals surface area contributed by atoms with Gasteiger partial charge in [-0.1, -0.05) is 12.5 Å². The molecule has 1 saturated carbocycles. The topological polar surface area (TPSA) is 53.8 Å². The van der Waals surface area contributed by atoms with Crippen LogP contribution in [-0.2, 0) is 10.2 Å². The summed E-state index contributed by atoms with van der Waals surface area (Å²) in [5, 5.41) is 8.58. The summed E-state index contributed by atoms with van der Waals surface area (Å²) in [6, 6.07) is 7.55. The average molecular weight is 200 g/mol. The molecular weight excluding hydrogens is 188 g/mol. The molecule has 0 amide bonds. The smallest absolute Gasteiger partial charge is 0.158 e. The second kappa shape index (κ2) is 3.82. The molecule has 1 aromatic rings. The summed E-state index contributed by atoms with van der Waals surface area (Å²) < 4.78 is 0. The molecule has 3 heteroatoms. The number of hydrogen-bond donors (Lipinski definition) is 0. The maximum Gasteiger partial charge on any atom is 0.158 e. The van der Waals surface area contributed by atoms with Crippen LogP contribution in [0.25, 0.3) is 0 Å². The van der Waals surface area contributed by atoms with Crippen LogP contribution in [0.4, 0.5) is 0 Å². The molecule has 1 aliphatic rings. The second-order valence-corrected chi connectivity index (χ2v) is 3.91. The maximum atomic E-state index is 11.9. The molecule has 0 aliphatic heterocycles. The van der Waals surface area contributed by atoms with Gasteiger partial charge in [0.1, 0.15) is 0 Å². The Labute approximate surface area is 88.8 Å². The Kier molecular flexibility index (Phi) is 2.51. The van der Waals surface area contributed by atoms with Crippen molar-refractivity contribution in [2.45, 2.75) is 31.1 Å². The summed E-state index contributed by atoms with van der Waals surface area (Å²) in [7, 11) is 0. The molecule has 1 heterocycles. The number of hydrogen-bond acceptors (Lipinski definition) is 3. The number of carbonyl (C=O) groups excluding carboxylic acids is 1. The minimum atomic E-state index is -0.447. The second-order valence-electron chi connectivity index (χ2n) is 3.91. The zero-order chi connectivity index (χ0) is 10.7. The van der Waals surface area contributed by atoms with Gasteiger partial charge in [-0.15, -0.1) is 0 Å². The van der Waals surface area contributed by atoms with E-state index in [1.165, 1.54) is 0 Å². The van der Waals surface area contributed by atoms with Gasteiger partial charge in [0, 0.05) is 6.20 Å². The van der Waals surface area contributed by atoms with Gasteiger partial charge in [-0.2, -0.15) is 5.26 Å². The van der Waals surface area contributed by atoms with E-state index in [-0.39, 0.29) is 12.2 Å². The van der Waals surface area contributed by atoms with Crippen LogP contribution in [0.15, 0.2) is 24.4 Å². The van der Waals surface area contributed by atoms with Crippen molar-refractivity contribution < 1.29 is 4.79 Å². The van der Waals surface area contributed by atoms with Crippen LogP contribution >= 0.6 is 0 Å². The van der Waals surface area contributed by atoms with Crippen molar-refractivity contribution in [3.05, 3.63) is 30.1 Å². The zero-order valence-electron chi connectivity index (χ0n) is 8.44. The first kappa shape index (κ1) is 9.85. The summed E-state index contributed by atoms with van der Waals surface area (Å²) >= 11 is 0. The van der Waals surface area contributed by atoms with Crippen molar-refractivity contribution in [1.29, 1.82) is 5.26 Å². The van der Waals surface area contributed by atoms with Crippen molar-refractivity contribution in [1.82, 2.24) is 4.98 Å². The summed E-state index contributed by atoms with van der Waals surface area (Å²) in [5.41, 5.74) is 0.383. The Morgan fingerprint density at radius 2 is 2.33 bits per heavy atom. The molecule has 0 unspecified atom stereocenters. The first-order chi connectivity index (χ1) is 7.29. The first-order valence-electron chi connectivity index (χ1n) is 5.11. The van der Waals surface area contributed by atoms with Crippen LogP contribution in [0.1, 0.15) is 31.4 Å².